The van der Waals surface area contributed by atoms with Gasteiger partial charge in [-0.05, 0) is 42.7 Å². The number of hydrogen-bond donors (Lipinski definition) is 1. The number of nitrogens with one attached hydrogen (secondary N) is 1. The minimum Gasteiger partial charge on any atom is -0.454 e. The summed E-state index contributed by atoms with van der Waals surface area (Å²) in [7, 11) is 0. The summed E-state index contributed by atoms with van der Waals surface area (Å²) < 4.78 is 16.3. The Morgan fingerprint density at radius 3 is 2.67 bits per heavy atom. The van der Waals surface area contributed by atoms with Gasteiger partial charge in [-0.2, -0.15) is 0 Å². The fourth-order valence-corrected chi connectivity index (χ4v) is 2.95. The van der Waals surface area contributed by atoms with Crippen LogP contribution in [0.2, 0.25) is 0 Å². The van der Waals surface area contributed by atoms with Gasteiger partial charge in [-0.3, -0.25) is 0 Å². The number of benzene rings is 2. The van der Waals surface area contributed by atoms with Gasteiger partial charge in [0.2, 0.25) is 6.79 Å². The lowest BCUT2D eigenvalue weighted by Gasteiger charge is -2.22. The van der Waals surface area contributed by atoms with Gasteiger partial charge < -0.3 is 24.4 Å². The summed E-state index contributed by atoms with van der Waals surface area (Å²) in [5.41, 5.74) is 3.17. The molecular weight excluding hydrogens is 344 g/mol. The Balaban J connectivity index is 1.59. The summed E-state index contributed by atoms with van der Waals surface area (Å²) in [5, 5.41) is 3.01. The molecule has 0 unspecified atom stereocenters. The molecule has 2 aromatic rings. The Hall–Kier alpha value is -2.73. The molecule has 1 heterocycles. The van der Waals surface area contributed by atoms with Crippen LogP contribution in [0.3, 0.4) is 0 Å². The molecule has 0 spiro atoms. The first kappa shape index (κ1) is 19.0. The summed E-state index contributed by atoms with van der Waals surface area (Å²) in [6.07, 6.45) is 0. The second-order valence-corrected chi connectivity index (χ2v) is 6.27. The van der Waals surface area contributed by atoms with Crippen LogP contribution < -0.4 is 14.8 Å². The predicted octanol–water partition coefficient (Wildman–Crippen LogP) is 3.68. The number of fused-ring (bicyclic) bond motifs is 1. The Morgan fingerprint density at radius 2 is 1.89 bits per heavy atom. The van der Waals surface area contributed by atoms with E-state index in [2.05, 4.69) is 5.32 Å². The minimum absolute atomic E-state index is 0.0959. The zero-order valence-electron chi connectivity index (χ0n) is 15.9. The van der Waals surface area contributed by atoms with Crippen LogP contribution in [0.25, 0.3) is 0 Å². The predicted molar refractivity (Wildman–Crippen MR) is 103 cm³/mol. The van der Waals surface area contributed by atoms with Crippen molar-refractivity contribution >= 4 is 6.03 Å². The Kier molecular flexibility index (Phi) is 6.54. The van der Waals surface area contributed by atoms with Gasteiger partial charge >= 0.3 is 6.03 Å². The van der Waals surface area contributed by atoms with Gasteiger partial charge in [0, 0.05) is 26.2 Å². The van der Waals surface area contributed by atoms with Gasteiger partial charge in [0.25, 0.3) is 0 Å². The molecule has 1 aliphatic rings. The maximum absolute atomic E-state index is 12.6. The van der Waals surface area contributed by atoms with Crippen molar-refractivity contribution in [3.05, 3.63) is 59.2 Å². The number of carbonyl (C=O) groups excluding carboxylic acids is 1. The molecule has 0 saturated heterocycles. The molecule has 1 N–H and O–H groups in total. The Labute approximate surface area is 160 Å². The molecular formula is C21H26N2O4. The Morgan fingerprint density at radius 1 is 1.11 bits per heavy atom. The van der Waals surface area contributed by atoms with E-state index < -0.39 is 0 Å². The van der Waals surface area contributed by atoms with Crippen molar-refractivity contribution in [1.29, 1.82) is 0 Å². The summed E-state index contributed by atoms with van der Waals surface area (Å²) in [6, 6.07) is 13.7. The molecule has 0 aromatic heterocycles. The van der Waals surface area contributed by atoms with Gasteiger partial charge in [-0.15, -0.1) is 0 Å². The second kappa shape index (κ2) is 9.28. The number of ether oxygens (including phenoxy) is 3. The molecule has 2 aromatic carbocycles. The number of rotatable bonds is 8. The average molecular weight is 370 g/mol. The van der Waals surface area contributed by atoms with E-state index in [4.69, 9.17) is 14.2 Å². The van der Waals surface area contributed by atoms with E-state index in [9.17, 15) is 4.79 Å². The van der Waals surface area contributed by atoms with E-state index in [1.54, 1.807) is 4.90 Å². The van der Waals surface area contributed by atoms with Crippen molar-refractivity contribution in [2.45, 2.75) is 33.5 Å². The van der Waals surface area contributed by atoms with Crippen molar-refractivity contribution in [3.63, 3.8) is 0 Å². The molecule has 0 bridgehead atoms. The summed E-state index contributed by atoms with van der Waals surface area (Å²) in [5.74, 6) is 1.48. The molecule has 144 valence electrons. The van der Waals surface area contributed by atoms with Crippen LogP contribution in [0.5, 0.6) is 11.5 Å². The first-order valence-corrected chi connectivity index (χ1v) is 9.27. The fraction of sp³-hybridized carbons (Fsp3) is 0.381. The first-order chi connectivity index (χ1) is 13.2. The van der Waals surface area contributed by atoms with Crippen molar-refractivity contribution in [1.82, 2.24) is 10.2 Å². The maximum Gasteiger partial charge on any atom is 0.317 e. The quantitative estimate of drug-likeness (QED) is 0.770. The zero-order chi connectivity index (χ0) is 19.1. The summed E-state index contributed by atoms with van der Waals surface area (Å²) in [4.78, 5) is 14.4. The fourth-order valence-electron chi connectivity index (χ4n) is 2.95. The van der Waals surface area contributed by atoms with Crippen LogP contribution in [-0.2, 0) is 24.4 Å². The lowest BCUT2D eigenvalue weighted by atomic mass is 10.1. The number of amides is 2. The van der Waals surface area contributed by atoms with E-state index >= 15 is 0 Å². The highest BCUT2D eigenvalue weighted by molar-refractivity contribution is 5.74. The van der Waals surface area contributed by atoms with E-state index in [0.717, 1.165) is 28.2 Å². The van der Waals surface area contributed by atoms with Gasteiger partial charge in [0.05, 0.1) is 6.61 Å². The number of carbonyl (C=O) groups is 1. The smallest absolute Gasteiger partial charge is 0.317 e. The standard InChI is InChI=1S/C21H26N2O4/c1-3-23(13-16-9-10-19-20(11-16)27-15-26-19)21(24)22-12-17-7-5-6-8-18(17)14-25-4-2/h5-11H,3-4,12-15H2,1-2H3,(H,22,24). The normalized spacial score (nSPS) is 12.1. The zero-order valence-corrected chi connectivity index (χ0v) is 15.9. The first-order valence-electron chi connectivity index (χ1n) is 9.27. The van der Waals surface area contributed by atoms with Crippen LogP contribution in [0.1, 0.15) is 30.5 Å². The monoisotopic (exact) mass is 370 g/mol. The number of urea groups is 1. The molecule has 0 aliphatic carbocycles. The van der Waals surface area contributed by atoms with Crippen LogP contribution in [0, 0.1) is 0 Å². The highest BCUT2D eigenvalue weighted by Crippen LogP contribution is 2.32. The van der Waals surface area contributed by atoms with Crippen LogP contribution in [0.15, 0.2) is 42.5 Å². The lowest BCUT2D eigenvalue weighted by molar-refractivity contribution is 0.133. The van der Waals surface area contributed by atoms with Gasteiger partial charge in [0.15, 0.2) is 11.5 Å². The summed E-state index contributed by atoms with van der Waals surface area (Å²) in [6.45, 7) is 7.00. The van der Waals surface area contributed by atoms with E-state index in [-0.39, 0.29) is 12.8 Å². The maximum atomic E-state index is 12.6. The Bertz CT molecular complexity index is 779. The molecule has 3 rings (SSSR count). The third kappa shape index (κ3) is 4.92. The van der Waals surface area contributed by atoms with Crippen LogP contribution in [0.4, 0.5) is 4.79 Å². The topological polar surface area (TPSA) is 60.0 Å². The summed E-state index contributed by atoms with van der Waals surface area (Å²) >= 11 is 0. The van der Waals surface area contributed by atoms with Crippen LogP contribution in [-0.4, -0.2) is 30.9 Å². The molecule has 0 radical (unpaired) electrons. The third-order valence-electron chi connectivity index (χ3n) is 4.49. The molecule has 1 aliphatic heterocycles. The van der Waals surface area contributed by atoms with Gasteiger partial charge in [-0.1, -0.05) is 30.3 Å². The molecule has 27 heavy (non-hydrogen) atoms. The molecule has 0 atom stereocenters. The molecule has 0 saturated carbocycles. The van der Waals surface area contributed by atoms with E-state index in [1.807, 2.05) is 56.3 Å². The van der Waals surface area contributed by atoms with Crippen molar-refractivity contribution in [2.75, 3.05) is 19.9 Å². The highest BCUT2D eigenvalue weighted by atomic mass is 16.7. The largest absolute Gasteiger partial charge is 0.454 e. The third-order valence-corrected chi connectivity index (χ3v) is 4.49. The molecule has 2 amide bonds. The molecule has 6 heteroatoms. The molecule has 0 fully saturated rings. The van der Waals surface area contributed by atoms with E-state index in [0.29, 0.717) is 32.8 Å². The van der Waals surface area contributed by atoms with Gasteiger partial charge in [-0.25, -0.2) is 4.79 Å². The second-order valence-electron chi connectivity index (χ2n) is 6.27. The van der Waals surface area contributed by atoms with Crippen LogP contribution >= 0.6 is 0 Å². The van der Waals surface area contributed by atoms with E-state index in [1.165, 1.54) is 0 Å². The van der Waals surface area contributed by atoms with Crippen molar-refractivity contribution in [2.24, 2.45) is 0 Å². The van der Waals surface area contributed by atoms with Crippen molar-refractivity contribution in [3.8, 4) is 11.5 Å². The lowest BCUT2D eigenvalue weighted by Crippen LogP contribution is -2.39. The minimum atomic E-state index is -0.0959. The molecule has 6 nitrogen and oxygen atoms in total. The number of nitrogens with zero attached hydrogens (tertiary/aromatic N) is 1. The van der Waals surface area contributed by atoms with Gasteiger partial charge in [0.1, 0.15) is 0 Å². The number of hydrogen-bond acceptors (Lipinski definition) is 4. The SMILES string of the molecule is CCOCc1ccccc1CNC(=O)N(CC)Cc1ccc2c(c1)OCO2. The highest BCUT2D eigenvalue weighted by Gasteiger charge is 2.16. The average Bonchev–Trinajstić information content (AvgIpc) is 3.17. The van der Waals surface area contributed by atoms with Crippen molar-refractivity contribution < 1.29 is 19.0 Å².